The van der Waals surface area contributed by atoms with Crippen molar-refractivity contribution < 1.29 is 4.74 Å². The lowest BCUT2D eigenvalue weighted by Gasteiger charge is -2.26. The van der Waals surface area contributed by atoms with E-state index in [2.05, 4.69) is 31.4 Å². The van der Waals surface area contributed by atoms with Crippen molar-refractivity contribution in [3.8, 4) is 0 Å². The fourth-order valence-corrected chi connectivity index (χ4v) is 2.92. The third-order valence-electron chi connectivity index (χ3n) is 4.17. The zero-order valence-corrected chi connectivity index (χ0v) is 16.8. The first kappa shape index (κ1) is 22.6. The van der Waals surface area contributed by atoms with E-state index in [0.29, 0.717) is 11.8 Å². The largest absolute Gasteiger partial charge is 0.470 e. The van der Waals surface area contributed by atoms with Crippen molar-refractivity contribution in [2.45, 2.75) is 97.4 Å². The molecule has 0 rings (SSSR count). The highest BCUT2D eigenvalue weighted by atomic mass is 32.1. The maximum Gasteiger partial charge on any atom is 0.256 e. The summed E-state index contributed by atoms with van der Waals surface area (Å²) in [6.45, 7) is 11.1. The first-order valence-electron chi connectivity index (χ1n) is 9.67. The van der Waals surface area contributed by atoms with Gasteiger partial charge in [-0.3, -0.25) is 0 Å². The van der Waals surface area contributed by atoms with Gasteiger partial charge in [0.15, 0.2) is 0 Å². The van der Waals surface area contributed by atoms with Crippen LogP contribution in [0.5, 0.6) is 0 Å². The molecule has 0 saturated carbocycles. The zero-order valence-electron chi connectivity index (χ0n) is 16.0. The predicted octanol–water partition coefficient (Wildman–Crippen LogP) is 5.19. The van der Waals surface area contributed by atoms with Crippen molar-refractivity contribution in [2.75, 3.05) is 19.7 Å². The van der Waals surface area contributed by atoms with Gasteiger partial charge in [0.1, 0.15) is 6.61 Å². The Labute approximate surface area is 150 Å². The van der Waals surface area contributed by atoms with Gasteiger partial charge in [0.2, 0.25) is 0 Å². The maximum absolute atomic E-state index is 5.43. The molecule has 0 aliphatic carbocycles. The van der Waals surface area contributed by atoms with Crippen molar-refractivity contribution in [3.05, 3.63) is 0 Å². The van der Waals surface area contributed by atoms with Crippen LogP contribution in [0, 0.1) is 0 Å². The summed E-state index contributed by atoms with van der Waals surface area (Å²) in [5.41, 5.74) is 0.185. The van der Waals surface area contributed by atoms with E-state index in [9.17, 15) is 0 Å². The van der Waals surface area contributed by atoms with Gasteiger partial charge < -0.3 is 15.4 Å². The summed E-state index contributed by atoms with van der Waals surface area (Å²) in [6, 6.07) is 0. The SMILES string of the molecule is CCCCCCCCCCCC(C)(C)NCCOC(=S)NCC. The Kier molecular flexibility index (Phi) is 15.0. The Morgan fingerprint density at radius 1 is 0.913 bits per heavy atom. The van der Waals surface area contributed by atoms with Crippen LogP contribution in [0.1, 0.15) is 91.9 Å². The number of thiocarbonyl (C=S) groups is 1. The van der Waals surface area contributed by atoms with Gasteiger partial charge in [0, 0.05) is 18.6 Å². The Hall–Kier alpha value is -0.350. The minimum absolute atomic E-state index is 0.185. The molecule has 0 aromatic carbocycles. The first-order valence-corrected chi connectivity index (χ1v) is 10.1. The second-order valence-corrected chi connectivity index (χ2v) is 7.43. The van der Waals surface area contributed by atoms with Crippen LogP contribution in [0.2, 0.25) is 0 Å². The molecular formula is C19H40N2OS. The van der Waals surface area contributed by atoms with Crippen molar-refractivity contribution >= 4 is 17.4 Å². The Bertz CT molecular complexity index is 283. The number of unbranched alkanes of at least 4 members (excludes halogenated alkanes) is 8. The van der Waals surface area contributed by atoms with Gasteiger partial charge in [0.05, 0.1) is 0 Å². The zero-order chi connectivity index (χ0) is 17.4. The van der Waals surface area contributed by atoms with Gasteiger partial charge in [-0.15, -0.1) is 0 Å². The van der Waals surface area contributed by atoms with Gasteiger partial charge >= 0.3 is 0 Å². The van der Waals surface area contributed by atoms with E-state index in [1.54, 1.807) is 0 Å². The minimum Gasteiger partial charge on any atom is -0.470 e. The summed E-state index contributed by atoms with van der Waals surface area (Å²) in [6.07, 6.45) is 13.7. The third-order valence-corrected chi connectivity index (χ3v) is 4.43. The highest BCUT2D eigenvalue weighted by molar-refractivity contribution is 7.80. The van der Waals surface area contributed by atoms with Gasteiger partial charge in [-0.25, -0.2) is 0 Å². The third kappa shape index (κ3) is 16.3. The molecule has 0 spiro atoms. The van der Waals surface area contributed by atoms with E-state index < -0.39 is 0 Å². The maximum atomic E-state index is 5.43. The second-order valence-electron chi connectivity index (χ2n) is 7.06. The molecule has 0 unspecified atom stereocenters. The summed E-state index contributed by atoms with van der Waals surface area (Å²) in [5, 5.41) is 7.07. The van der Waals surface area contributed by atoms with Crippen molar-refractivity contribution in [1.29, 1.82) is 0 Å². The van der Waals surface area contributed by atoms with E-state index in [1.165, 1.54) is 64.2 Å². The van der Waals surface area contributed by atoms with Crippen molar-refractivity contribution in [1.82, 2.24) is 10.6 Å². The van der Waals surface area contributed by atoms with Crippen LogP contribution in [0.3, 0.4) is 0 Å². The molecule has 2 N–H and O–H groups in total. The topological polar surface area (TPSA) is 33.3 Å². The molecule has 0 saturated heterocycles. The number of hydrogen-bond donors (Lipinski definition) is 2. The number of nitrogens with one attached hydrogen (secondary N) is 2. The molecule has 0 aliphatic rings. The van der Waals surface area contributed by atoms with Crippen LogP contribution in [0.25, 0.3) is 0 Å². The molecule has 0 bridgehead atoms. The molecule has 0 aromatic heterocycles. The van der Waals surface area contributed by atoms with Crippen molar-refractivity contribution in [2.24, 2.45) is 0 Å². The van der Waals surface area contributed by atoms with E-state index in [4.69, 9.17) is 17.0 Å². The standard InChI is InChI=1S/C19H40N2OS/c1-5-7-8-9-10-11-12-13-14-15-19(3,4)21-16-17-22-18(23)20-6-2/h21H,5-17H2,1-4H3,(H,20,23). The predicted molar refractivity (Wildman–Crippen MR) is 106 cm³/mol. The van der Waals surface area contributed by atoms with Crippen LogP contribution in [-0.2, 0) is 4.74 Å². The van der Waals surface area contributed by atoms with E-state index in [-0.39, 0.29) is 5.54 Å². The van der Waals surface area contributed by atoms with Gasteiger partial charge in [-0.05, 0) is 39.4 Å². The quantitative estimate of drug-likeness (QED) is 0.316. The molecule has 0 heterocycles. The van der Waals surface area contributed by atoms with Crippen LogP contribution < -0.4 is 10.6 Å². The Balaban J connectivity index is 3.44. The number of hydrogen-bond acceptors (Lipinski definition) is 3. The number of rotatable bonds is 15. The van der Waals surface area contributed by atoms with E-state index >= 15 is 0 Å². The fourth-order valence-electron chi connectivity index (χ4n) is 2.69. The normalized spacial score (nSPS) is 11.5. The Morgan fingerprint density at radius 2 is 1.48 bits per heavy atom. The van der Waals surface area contributed by atoms with Gasteiger partial charge in [0.25, 0.3) is 5.17 Å². The monoisotopic (exact) mass is 344 g/mol. The Morgan fingerprint density at radius 3 is 2.04 bits per heavy atom. The molecule has 0 fully saturated rings. The lowest BCUT2D eigenvalue weighted by atomic mass is 9.96. The fraction of sp³-hybridized carbons (Fsp3) is 0.947. The van der Waals surface area contributed by atoms with Gasteiger partial charge in [-0.1, -0.05) is 64.7 Å². The minimum atomic E-state index is 0.185. The van der Waals surface area contributed by atoms with Crippen LogP contribution >= 0.6 is 12.2 Å². The van der Waals surface area contributed by atoms with Gasteiger partial charge in [-0.2, -0.15) is 0 Å². The van der Waals surface area contributed by atoms with Crippen LogP contribution in [-0.4, -0.2) is 30.4 Å². The second kappa shape index (κ2) is 15.2. The molecule has 0 aliphatic heterocycles. The number of ether oxygens (including phenoxy) is 1. The lowest BCUT2D eigenvalue weighted by Crippen LogP contribution is -2.41. The first-order chi connectivity index (χ1) is 11.0. The molecule has 23 heavy (non-hydrogen) atoms. The molecule has 0 atom stereocenters. The average molecular weight is 345 g/mol. The summed E-state index contributed by atoms with van der Waals surface area (Å²) >= 11 is 5.04. The summed E-state index contributed by atoms with van der Waals surface area (Å²) in [5.74, 6) is 0. The van der Waals surface area contributed by atoms with E-state index in [0.717, 1.165) is 13.1 Å². The van der Waals surface area contributed by atoms with Crippen LogP contribution in [0.4, 0.5) is 0 Å². The molecule has 0 amide bonds. The van der Waals surface area contributed by atoms with Crippen LogP contribution in [0.15, 0.2) is 0 Å². The average Bonchev–Trinajstić information content (AvgIpc) is 2.50. The molecule has 3 nitrogen and oxygen atoms in total. The summed E-state index contributed by atoms with van der Waals surface area (Å²) in [7, 11) is 0. The smallest absolute Gasteiger partial charge is 0.256 e. The summed E-state index contributed by atoms with van der Waals surface area (Å²) in [4.78, 5) is 0. The molecule has 138 valence electrons. The molecule has 0 aromatic rings. The summed E-state index contributed by atoms with van der Waals surface area (Å²) < 4.78 is 5.43. The highest BCUT2D eigenvalue weighted by Crippen LogP contribution is 2.16. The lowest BCUT2D eigenvalue weighted by molar-refractivity contribution is 0.262. The molecular weight excluding hydrogens is 304 g/mol. The molecule has 4 heteroatoms. The van der Waals surface area contributed by atoms with Crippen molar-refractivity contribution in [3.63, 3.8) is 0 Å². The molecule has 0 radical (unpaired) electrons. The van der Waals surface area contributed by atoms with E-state index in [1.807, 2.05) is 6.92 Å². The highest BCUT2D eigenvalue weighted by Gasteiger charge is 2.15.